The van der Waals surface area contributed by atoms with Gasteiger partial charge in [-0.1, -0.05) is 24.3 Å². The summed E-state index contributed by atoms with van der Waals surface area (Å²) in [6.07, 6.45) is 3.47. The van der Waals surface area contributed by atoms with E-state index in [4.69, 9.17) is 9.47 Å². The van der Waals surface area contributed by atoms with Crippen LogP contribution in [0, 0.1) is 0 Å². The maximum Gasteiger partial charge on any atom is 0.242 e. The zero-order chi connectivity index (χ0) is 23.0. The summed E-state index contributed by atoms with van der Waals surface area (Å²) in [5.41, 5.74) is 1.94. The Morgan fingerprint density at radius 2 is 1.97 bits per heavy atom. The molecule has 0 N–H and O–H groups in total. The Morgan fingerprint density at radius 1 is 1.12 bits per heavy atom. The van der Waals surface area contributed by atoms with Gasteiger partial charge in [0.05, 0.1) is 32.8 Å². The van der Waals surface area contributed by atoms with Gasteiger partial charge in [-0.05, 0) is 40.8 Å². The molecule has 0 aliphatic carbocycles. The fourth-order valence-electron chi connectivity index (χ4n) is 3.75. The van der Waals surface area contributed by atoms with E-state index in [0.717, 1.165) is 21.8 Å². The van der Waals surface area contributed by atoms with Crippen molar-refractivity contribution in [2.45, 2.75) is 25.7 Å². The van der Waals surface area contributed by atoms with E-state index in [1.165, 1.54) is 0 Å². The van der Waals surface area contributed by atoms with Crippen molar-refractivity contribution in [3.8, 4) is 5.75 Å². The largest absolute Gasteiger partial charge is 0.497 e. The quantitative estimate of drug-likeness (QED) is 0.511. The molecule has 8 heteroatoms. The summed E-state index contributed by atoms with van der Waals surface area (Å²) >= 11 is 1.54. The fourth-order valence-corrected chi connectivity index (χ4v) is 4.45. The zero-order valence-corrected chi connectivity index (χ0v) is 19.4. The summed E-state index contributed by atoms with van der Waals surface area (Å²) in [5.74, 6) is 0.619. The van der Waals surface area contributed by atoms with Crippen LogP contribution in [-0.4, -0.2) is 59.4 Å². The second-order valence-electron chi connectivity index (χ2n) is 7.95. The number of aromatic nitrogens is 1. The number of pyridine rings is 1. The molecule has 1 aliphatic rings. The molecule has 4 rings (SSSR count). The van der Waals surface area contributed by atoms with Crippen LogP contribution in [0.1, 0.15) is 16.0 Å². The van der Waals surface area contributed by atoms with Crippen molar-refractivity contribution >= 4 is 23.2 Å². The molecule has 0 saturated carbocycles. The van der Waals surface area contributed by atoms with Crippen LogP contribution in [0.15, 0.2) is 66.3 Å². The molecule has 33 heavy (non-hydrogen) atoms. The normalized spacial score (nSPS) is 16.5. The van der Waals surface area contributed by atoms with Gasteiger partial charge in [0.1, 0.15) is 5.75 Å². The molecule has 2 amide bonds. The molecule has 0 spiro atoms. The van der Waals surface area contributed by atoms with E-state index in [1.807, 2.05) is 53.9 Å². The second kappa shape index (κ2) is 11.1. The van der Waals surface area contributed by atoms with Gasteiger partial charge < -0.3 is 19.3 Å². The van der Waals surface area contributed by atoms with Crippen LogP contribution in [0.25, 0.3) is 0 Å². The number of ether oxygens (including phenoxy) is 2. The highest BCUT2D eigenvalue weighted by Gasteiger charge is 2.31. The van der Waals surface area contributed by atoms with Crippen LogP contribution in [0.2, 0.25) is 0 Å². The predicted molar refractivity (Wildman–Crippen MR) is 126 cm³/mol. The van der Waals surface area contributed by atoms with Gasteiger partial charge in [-0.2, -0.15) is 0 Å². The molecular weight excluding hydrogens is 438 g/mol. The van der Waals surface area contributed by atoms with Crippen molar-refractivity contribution in [2.24, 2.45) is 0 Å². The van der Waals surface area contributed by atoms with Crippen molar-refractivity contribution < 1.29 is 19.1 Å². The summed E-state index contributed by atoms with van der Waals surface area (Å²) in [6, 6.07) is 15.3. The Balaban J connectivity index is 1.48. The van der Waals surface area contributed by atoms with E-state index in [2.05, 4.69) is 4.98 Å². The second-order valence-corrected chi connectivity index (χ2v) is 8.98. The first kappa shape index (κ1) is 22.9. The molecular formula is C25H27N3O4S. The van der Waals surface area contributed by atoms with Gasteiger partial charge in [-0.3, -0.25) is 14.6 Å². The third-order valence-electron chi connectivity index (χ3n) is 5.53. The predicted octanol–water partition coefficient (Wildman–Crippen LogP) is 3.15. The average molecular weight is 466 g/mol. The van der Waals surface area contributed by atoms with Gasteiger partial charge in [0.2, 0.25) is 11.8 Å². The molecule has 3 aromatic rings. The SMILES string of the molecule is COc1ccc(CN2CC(OCc3cccnc3)CN(C(=O)Cc3cccs3)CC2=O)cc1. The third kappa shape index (κ3) is 6.40. The zero-order valence-electron chi connectivity index (χ0n) is 18.6. The Morgan fingerprint density at radius 3 is 2.67 bits per heavy atom. The van der Waals surface area contributed by atoms with Crippen LogP contribution in [0.4, 0.5) is 0 Å². The summed E-state index contributed by atoms with van der Waals surface area (Å²) in [7, 11) is 1.62. The number of nitrogens with zero attached hydrogens (tertiary/aromatic N) is 3. The van der Waals surface area contributed by atoms with Gasteiger partial charge in [0.15, 0.2) is 0 Å². The molecule has 1 fully saturated rings. The van der Waals surface area contributed by atoms with Gasteiger partial charge in [0.25, 0.3) is 0 Å². The van der Waals surface area contributed by atoms with E-state index in [1.54, 1.807) is 40.6 Å². The van der Waals surface area contributed by atoms with Crippen molar-refractivity contribution in [1.29, 1.82) is 0 Å². The van der Waals surface area contributed by atoms with Gasteiger partial charge in [0, 0.05) is 36.9 Å². The molecule has 3 heterocycles. The maximum absolute atomic E-state index is 13.1. The summed E-state index contributed by atoms with van der Waals surface area (Å²) < 4.78 is 11.4. The highest BCUT2D eigenvalue weighted by Crippen LogP contribution is 2.18. The van der Waals surface area contributed by atoms with Gasteiger partial charge >= 0.3 is 0 Å². The van der Waals surface area contributed by atoms with Crippen molar-refractivity contribution in [2.75, 3.05) is 26.7 Å². The van der Waals surface area contributed by atoms with Crippen LogP contribution in [-0.2, 0) is 33.9 Å². The average Bonchev–Trinajstić information content (AvgIpc) is 3.29. The van der Waals surface area contributed by atoms with Crippen molar-refractivity contribution in [1.82, 2.24) is 14.8 Å². The first-order valence-electron chi connectivity index (χ1n) is 10.8. The third-order valence-corrected chi connectivity index (χ3v) is 6.40. The number of carbonyl (C=O) groups is 2. The minimum atomic E-state index is -0.304. The lowest BCUT2D eigenvalue weighted by molar-refractivity contribution is -0.138. The molecule has 1 unspecified atom stereocenters. The molecule has 7 nitrogen and oxygen atoms in total. The van der Waals surface area contributed by atoms with Crippen LogP contribution >= 0.6 is 11.3 Å². The number of hydrogen-bond acceptors (Lipinski definition) is 6. The first-order valence-corrected chi connectivity index (χ1v) is 11.7. The van der Waals surface area contributed by atoms with Crippen LogP contribution < -0.4 is 4.74 Å². The summed E-state index contributed by atoms with van der Waals surface area (Å²) in [5, 5.41) is 1.95. The number of amides is 2. The Hall–Kier alpha value is -3.23. The van der Waals surface area contributed by atoms with E-state index in [0.29, 0.717) is 32.7 Å². The number of thiophene rings is 1. The number of carbonyl (C=O) groups excluding carboxylic acids is 2. The summed E-state index contributed by atoms with van der Waals surface area (Å²) in [6.45, 7) is 1.65. The van der Waals surface area contributed by atoms with Crippen molar-refractivity contribution in [3.63, 3.8) is 0 Å². The van der Waals surface area contributed by atoms with Crippen LogP contribution in [0.5, 0.6) is 5.75 Å². The molecule has 1 aromatic carbocycles. The Kier molecular flexibility index (Phi) is 7.70. The number of benzene rings is 1. The lowest BCUT2D eigenvalue weighted by Crippen LogP contribution is -2.40. The monoisotopic (exact) mass is 465 g/mol. The van der Waals surface area contributed by atoms with Gasteiger partial charge in [-0.15, -0.1) is 11.3 Å². The minimum Gasteiger partial charge on any atom is -0.497 e. The first-order chi connectivity index (χ1) is 16.1. The lowest BCUT2D eigenvalue weighted by Gasteiger charge is -2.25. The van der Waals surface area contributed by atoms with E-state index < -0.39 is 0 Å². The smallest absolute Gasteiger partial charge is 0.242 e. The number of methoxy groups -OCH3 is 1. The van der Waals surface area contributed by atoms with E-state index in [-0.39, 0.29) is 24.5 Å². The summed E-state index contributed by atoms with van der Waals surface area (Å²) in [4.78, 5) is 34.6. The highest BCUT2D eigenvalue weighted by molar-refractivity contribution is 7.10. The molecule has 2 aromatic heterocycles. The fraction of sp³-hybridized carbons (Fsp3) is 0.320. The molecule has 172 valence electrons. The number of rotatable bonds is 8. The highest BCUT2D eigenvalue weighted by atomic mass is 32.1. The number of hydrogen-bond donors (Lipinski definition) is 0. The Bertz CT molecular complexity index is 1040. The molecule has 1 atom stereocenters. The topological polar surface area (TPSA) is 72.0 Å². The molecule has 0 radical (unpaired) electrons. The minimum absolute atomic E-state index is 0.0487. The molecule has 0 bridgehead atoms. The lowest BCUT2D eigenvalue weighted by atomic mass is 10.2. The van der Waals surface area contributed by atoms with E-state index >= 15 is 0 Å². The Labute approximate surface area is 197 Å². The van der Waals surface area contributed by atoms with Gasteiger partial charge in [-0.25, -0.2) is 0 Å². The maximum atomic E-state index is 13.1. The van der Waals surface area contributed by atoms with E-state index in [9.17, 15) is 9.59 Å². The van der Waals surface area contributed by atoms with Crippen molar-refractivity contribution in [3.05, 3.63) is 82.3 Å². The standard InChI is InChI=1S/C25H27N3O4S/c1-31-21-8-6-19(7-9-21)14-27-15-22(32-18-20-4-2-10-26-13-20)16-28(17-25(27)30)24(29)12-23-5-3-11-33-23/h2-11,13,22H,12,14-18H2,1H3. The molecule has 1 aliphatic heterocycles. The van der Waals surface area contributed by atoms with Crippen LogP contribution in [0.3, 0.4) is 0 Å². The molecule has 1 saturated heterocycles.